The first-order valence-electron chi connectivity index (χ1n) is 10.7. The van der Waals surface area contributed by atoms with Gasteiger partial charge in [-0.05, 0) is 67.0 Å². The Morgan fingerprint density at radius 2 is 1.81 bits per heavy atom. The van der Waals surface area contributed by atoms with Gasteiger partial charge in [-0.2, -0.15) is 0 Å². The van der Waals surface area contributed by atoms with E-state index in [0.717, 1.165) is 19.1 Å². The molecule has 0 radical (unpaired) electrons. The van der Waals surface area contributed by atoms with Gasteiger partial charge < -0.3 is 9.22 Å². The Morgan fingerprint density at radius 3 is 2.35 bits per heavy atom. The third kappa shape index (κ3) is 3.15. The fourth-order valence-electron chi connectivity index (χ4n) is 6.18. The van der Waals surface area contributed by atoms with E-state index in [-0.39, 0.29) is 28.8 Å². The highest BCUT2D eigenvalue weighted by atomic mass is 28.4. The van der Waals surface area contributed by atoms with Crippen LogP contribution < -0.4 is 0 Å². The van der Waals surface area contributed by atoms with E-state index in [1.165, 1.54) is 12.8 Å². The Morgan fingerprint density at radius 1 is 1.15 bits per heavy atom. The van der Waals surface area contributed by atoms with Crippen molar-refractivity contribution in [2.24, 2.45) is 41.4 Å². The molecule has 3 saturated carbocycles. The molecule has 0 spiro atoms. The maximum atomic E-state index is 12.8. The van der Waals surface area contributed by atoms with Crippen LogP contribution >= 0.6 is 0 Å². The van der Waals surface area contributed by atoms with Crippen molar-refractivity contribution in [3.05, 3.63) is 0 Å². The Kier molecular flexibility index (Phi) is 5.33. The average Bonchev–Trinajstić information content (AvgIpc) is 3.03. The molecule has 0 saturated heterocycles. The van der Waals surface area contributed by atoms with Gasteiger partial charge in [0.15, 0.2) is 8.32 Å². The summed E-state index contributed by atoms with van der Waals surface area (Å²) in [7, 11) is -1.89. The van der Waals surface area contributed by atoms with Crippen molar-refractivity contribution >= 4 is 20.4 Å². The quantitative estimate of drug-likeness (QED) is 0.388. The molecule has 0 heterocycles. The highest BCUT2D eigenvalue weighted by Gasteiger charge is 2.59. The second-order valence-corrected chi connectivity index (χ2v) is 15.6. The van der Waals surface area contributed by atoms with Crippen LogP contribution in [0.1, 0.15) is 60.3 Å². The molecular weight excluding hydrogens is 340 g/mol. The maximum Gasteiger partial charge on any atom is 0.192 e. The van der Waals surface area contributed by atoms with Crippen LogP contribution in [-0.2, 0) is 14.0 Å². The van der Waals surface area contributed by atoms with Gasteiger partial charge in [-0.25, -0.2) is 0 Å². The predicted molar refractivity (Wildman–Crippen MR) is 107 cm³/mol. The molecular formula is C22H38O3Si. The zero-order valence-electron chi connectivity index (χ0n) is 17.7. The van der Waals surface area contributed by atoms with Crippen LogP contribution in [-0.4, -0.2) is 26.5 Å². The number of carbonyl (C=O) groups excluding carboxylic acids is 2. The van der Waals surface area contributed by atoms with E-state index in [1.54, 1.807) is 0 Å². The van der Waals surface area contributed by atoms with Crippen LogP contribution in [0.4, 0.5) is 0 Å². The van der Waals surface area contributed by atoms with Crippen molar-refractivity contribution in [3.63, 3.8) is 0 Å². The Hall–Kier alpha value is -0.483. The molecule has 26 heavy (non-hydrogen) atoms. The first kappa shape index (κ1) is 20.3. The molecule has 0 N–H and O–H groups in total. The fourth-order valence-corrected chi connectivity index (χ4v) is 7.54. The molecule has 3 rings (SSSR count). The van der Waals surface area contributed by atoms with Crippen molar-refractivity contribution in [2.75, 3.05) is 0 Å². The van der Waals surface area contributed by atoms with Gasteiger partial charge in [0.05, 0.1) is 5.92 Å². The van der Waals surface area contributed by atoms with Crippen molar-refractivity contribution < 1.29 is 14.0 Å². The van der Waals surface area contributed by atoms with Crippen LogP contribution in [0.5, 0.6) is 0 Å². The molecule has 148 valence electrons. The number of Topliss-reactive ketones (excluding diaryl/α,β-unsaturated/α-hetero) is 1. The molecule has 3 aliphatic rings. The van der Waals surface area contributed by atoms with E-state index < -0.39 is 8.32 Å². The molecule has 3 fully saturated rings. The van der Waals surface area contributed by atoms with Crippen LogP contribution in [0, 0.1) is 41.4 Å². The lowest BCUT2D eigenvalue weighted by Gasteiger charge is -2.48. The first-order valence-corrected chi connectivity index (χ1v) is 13.6. The standard InChI is InChI=1S/C22H38O3Si/c1-8-15-13(2)9-17-16-10-14(12-23)21(24)18(16)11-19(20(15)17)25-26(6,7)22(3,4)5/h12-20H,8-11H2,1-7H3/t13-,14-,15-,16-,17-,18-,19-,20+/m1/s1. The highest BCUT2D eigenvalue weighted by Crippen LogP contribution is 2.59. The number of hydrogen-bond donors (Lipinski definition) is 0. The van der Waals surface area contributed by atoms with Crippen molar-refractivity contribution in [3.8, 4) is 0 Å². The SMILES string of the molecule is CC[C@H]1[C@H]2[C@H](C[C@H]1C)[C@H]1C[C@H](C=O)C(=O)[C@@H]1C[C@H]2O[Si](C)(C)C(C)(C)C. The lowest BCUT2D eigenvalue weighted by molar-refractivity contribution is -0.130. The molecule has 0 aromatic heterocycles. The second-order valence-electron chi connectivity index (χ2n) is 10.8. The largest absolute Gasteiger partial charge is 0.414 e. The molecule has 0 amide bonds. The van der Waals surface area contributed by atoms with Crippen molar-refractivity contribution in [1.29, 1.82) is 0 Å². The summed E-state index contributed by atoms with van der Waals surface area (Å²) in [5.74, 6) is 2.87. The lowest BCUT2D eigenvalue weighted by Crippen LogP contribution is -2.51. The molecule has 4 heteroatoms. The van der Waals surface area contributed by atoms with E-state index in [4.69, 9.17) is 4.43 Å². The smallest absolute Gasteiger partial charge is 0.192 e. The van der Waals surface area contributed by atoms with Gasteiger partial charge in [-0.1, -0.05) is 41.0 Å². The van der Waals surface area contributed by atoms with E-state index in [0.29, 0.717) is 29.6 Å². The predicted octanol–water partition coefficient (Wildman–Crippen LogP) is 5.10. The summed E-state index contributed by atoms with van der Waals surface area (Å²) in [6.45, 7) is 16.2. The van der Waals surface area contributed by atoms with Crippen LogP contribution in [0.15, 0.2) is 0 Å². The number of ketones is 1. The molecule has 0 aliphatic heterocycles. The summed E-state index contributed by atoms with van der Waals surface area (Å²) < 4.78 is 6.96. The monoisotopic (exact) mass is 378 g/mol. The molecule has 0 bridgehead atoms. The number of carbonyl (C=O) groups is 2. The zero-order valence-corrected chi connectivity index (χ0v) is 18.7. The minimum absolute atomic E-state index is 0.0593. The zero-order chi connectivity index (χ0) is 19.4. The lowest BCUT2D eigenvalue weighted by atomic mass is 9.65. The summed E-state index contributed by atoms with van der Waals surface area (Å²) in [6, 6.07) is 0. The minimum atomic E-state index is -1.89. The van der Waals surface area contributed by atoms with Gasteiger partial charge in [0.25, 0.3) is 0 Å². The normalized spacial score (nSPS) is 43.3. The Bertz CT molecular complexity index is 564. The Labute approximate surface area is 160 Å². The van der Waals surface area contributed by atoms with Gasteiger partial charge in [0.2, 0.25) is 0 Å². The summed E-state index contributed by atoms with van der Waals surface area (Å²) in [6.07, 6.45) is 5.17. The van der Waals surface area contributed by atoms with E-state index in [1.807, 2.05) is 0 Å². The molecule has 0 unspecified atom stereocenters. The number of hydrogen-bond acceptors (Lipinski definition) is 3. The van der Waals surface area contributed by atoms with Crippen LogP contribution in [0.2, 0.25) is 18.1 Å². The molecule has 0 aromatic rings. The molecule has 8 atom stereocenters. The molecule has 3 aliphatic carbocycles. The average molecular weight is 379 g/mol. The molecule has 0 aromatic carbocycles. The van der Waals surface area contributed by atoms with E-state index in [9.17, 15) is 9.59 Å². The van der Waals surface area contributed by atoms with Crippen molar-refractivity contribution in [2.45, 2.75) is 84.5 Å². The van der Waals surface area contributed by atoms with Crippen LogP contribution in [0.3, 0.4) is 0 Å². The Balaban J connectivity index is 1.93. The highest BCUT2D eigenvalue weighted by molar-refractivity contribution is 6.74. The van der Waals surface area contributed by atoms with Crippen molar-refractivity contribution in [1.82, 2.24) is 0 Å². The second kappa shape index (κ2) is 6.84. The number of fused-ring (bicyclic) bond motifs is 3. The summed E-state index contributed by atoms with van der Waals surface area (Å²) in [4.78, 5) is 24.3. The summed E-state index contributed by atoms with van der Waals surface area (Å²) in [5.41, 5.74) is 0. The van der Waals surface area contributed by atoms with Crippen LogP contribution in [0.25, 0.3) is 0 Å². The maximum absolute atomic E-state index is 12.8. The van der Waals surface area contributed by atoms with Gasteiger partial charge in [-0.3, -0.25) is 4.79 Å². The third-order valence-electron chi connectivity index (χ3n) is 8.49. The summed E-state index contributed by atoms with van der Waals surface area (Å²) in [5, 5.41) is 0.177. The number of rotatable bonds is 4. The van der Waals surface area contributed by atoms with Gasteiger partial charge in [0.1, 0.15) is 12.1 Å². The third-order valence-corrected chi connectivity index (χ3v) is 13.0. The summed E-state index contributed by atoms with van der Waals surface area (Å²) >= 11 is 0. The van der Waals surface area contributed by atoms with E-state index in [2.05, 4.69) is 47.7 Å². The van der Waals surface area contributed by atoms with Gasteiger partial charge >= 0.3 is 0 Å². The van der Waals surface area contributed by atoms with E-state index >= 15 is 0 Å². The first-order chi connectivity index (χ1) is 12.0. The van der Waals surface area contributed by atoms with Gasteiger partial charge in [-0.15, -0.1) is 0 Å². The fraction of sp³-hybridized carbons (Fsp3) is 0.909. The molecule has 3 nitrogen and oxygen atoms in total. The number of aldehydes is 1. The topological polar surface area (TPSA) is 43.4 Å². The van der Waals surface area contributed by atoms with Gasteiger partial charge in [0, 0.05) is 12.0 Å². The minimum Gasteiger partial charge on any atom is -0.414 e.